The van der Waals surface area contributed by atoms with Gasteiger partial charge in [0.05, 0.1) is 23.4 Å². The molecule has 2 aromatic heterocycles. The van der Waals surface area contributed by atoms with Gasteiger partial charge in [-0.3, -0.25) is 0 Å². The summed E-state index contributed by atoms with van der Waals surface area (Å²) >= 11 is 1.36. The number of sulfonamides is 1. The first-order valence-corrected chi connectivity index (χ1v) is 13.3. The van der Waals surface area contributed by atoms with E-state index in [1.807, 2.05) is 48.5 Å². The van der Waals surface area contributed by atoms with E-state index in [2.05, 4.69) is 12.0 Å². The largest absolute Gasteiger partial charge is 0.478 e. The van der Waals surface area contributed by atoms with Crippen LogP contribution >= 0.6 is 11.3 Å². The summed E-state index contributed by atoms with van der Waals surface area (Å²) in [6.07, 6.45) is 3.45. The average Bonchev–Trinajstić information content (AvgIpc) is 3.57. The predicted molar refractivity (Wildman–Crippen MR) is 146 cm³/mol. The molecule has 3 aromatic carbocycles. The summed E-state index contributed by atoms with van der Waals surface area (Å²) in [7, 11) is -4.00. The molecule has 9 heteroatoms. The van der Waals surface area contributed by atoms with Crippen molar-refractivity contribution < 1.29 is 18.3 Å². The molecule has 0 spiro atoms. The Balaban J connectivity index is 0.00000320. The van der Waals surface area contributed by atoms with Crippen LogP contribution in [0.1, 0.15) is 21.5 Å². The zero-order valence-corrected chi connectivity index (χ0v) is 21.5. The van der Waals surface area contributed by atoms with E-state index in [1.165, 1.54) is 17.4 Å². The van der Waals surface area contributed by atoms with Crippen molar-refractivity contribution >= 4 is 56.3 Å². The molecule has 0 amide bonds. The van der Waals surface area contributed by atoms with E-state index in [1.54, 1.807) is 52.7 Å². The van der Waals surface area contributed by atoms with Gasteiger partial charge in [0.15, 0.2) is 0 Å². The number of hydrogen-bond donors (Lipinski definition) is 1. The van der Waals surface area contributed by atoms with E-state index >= 15 is 0 Å². The fourth-order valence-corrected chi connectivity index (χ4v) is 6.60. The maximum absolute atomic E-state index is 13.9. The summed E-state index contributed by atoms with van der Waals surface area (Å²) in [6, 6.07) is 27.8. The van der Waals surface area contributed by atoms with Crippen molar-refractivity contribution in [1.29, 1.82) is 0 Å². The molecule has 37 heavy (non-hydrogen) atoms. The second-order valence-corrected chi connectivity index (χ2v) is 10.7. The predicted octanol–water partition coefficient (Wildman–Crippen LogP) is 5.21. The van der Waals surface area contributed by atoms with E-state index < -0.39 is 16.0 Å². The molecule has 2 heterocycles. The molecule has 0 saturated carbocycles. The van der Waals surface area contributed by atoms with Crippen LogP contribution in [-0.2, 0) is 16.6 Å². The Bertz CT molecular complexity index is 1720. The van der Waals surface area contributed by atoms with Crippen LogP contribution in [0.4, 0.5) is 0 Å². The van der Waals surface area contributed by atoms with Crippen molar-refractivity contribution in [3.05, 3.63) is 119 Å². The number of nitrogens with zero attached hydrogens (tertiary/aromatic N) is 2. The molecular weight excluding hydrogens is 499 g/mol. The summed E-state index contributed by atoms with van der Waals surface area (Å²) in [5, 5.41) is 12.0. The number of rotatable bonds is 6. The van der Waals surface area contributed by atoms with Crippen molar-refractivity contribution in [2.24, 2.45) is 0 Å². The first-order chi connectivity index (χ1) is 17.4. The van der Waals surface area contributed by atoms with Gasteiger partial charge >= 0.3 is 5.97 Å². The van der Waals surface area contributed by atoms with Gasteiger partial charge in [-0.25, -0.2) is 17.5 Å². The van der Waals surface area contributed by atoms with Gasteiger partial charge in [-0.1, -0.05) is 54.6 Å². The van der Waals surface area contributed by atoms with Crippen molar-refractivity contribution in [3.8, 4) is 17.7 Å². The van der Waals surface area contributed by atoms with E-state index in [-0.39, 0.29) is 35.9 Å². The molecule has 0 unspecified atom stereocenters. The summed E-state index contributed by atoms with van der Waals surface area (Å²) in [4.78, 5) is 12.1. The second kappa shape index (κ2) is 11.1. The van der Waals surface area contributed by atoms with Crippen LogP contribution in [0.3, 0.4) is 0 Å². The molecule has 0 aliphatic heterocycles. The van der Waals surface area contributed by atoms with Gasteiger partial charge in [0.25, 0.3) is 10.0 Å². The number of carboxylic acid groups (broad SMARTS) is 1. The molecule has 0 saturated heterocycles. The van der Waals surface area contributed by atoms with Crippen molar-refractivity contribution in [1.82, 2.24) is 8.87 Å². The van der Waals surface area contributed by atoms with Gasteiger partial charge in [-0.2, -0.15) is 0 Å². The molecule has 5 aromatic rings. The number of hydrogen-bond acceptors (Lipinski definition) is 4. The summed E-state index contributed by atoms with van der Waals surface area (Å²) in [6.45, 7) is 0.0395. The van der Waals surface area contributed by atoms with Gasteiger partial charge in [0, 0.05) is 52.8 Å². The Morgan fingerprint density at radius 3 is 2.35 bits per heavy atom. The number of carboxylic acids is 1. The molecule has 0 aliphatic rings. The SMILES string of the molecule is O=C(O)c1cccc(C#CN(Cc2ccccc2)S(=O)(=O)c2csc3ccccc23)c1-n1cccc1.[Li]. The topological polar surface area (TPSA) is 79.6 Å². The number of para-hydroxylation sites is 1. The summed E-state index contributed by atoms with van der Waals surface area (Å²) < 4.78 is 31.4. The van der Waals surface area contributed by atoms with E-state index in [0.29, 0.717) is 16.6 Å². The molecule has 179 valence electrons. The third kappa shape index (κ3) is 5.36. The standard InChI is InChI=1S/C28H20N2O4S2.Li/c31-28(32)24-13-8-11-22(27(24)29-16-6-7-17-29)15-18-30(19-21-9-2-1-3-10-21)36(33,34)26-20-35-25-14-5-4-12-23(25)26;/h1-14,16-17,20H,19H2,(H,31,32);. The maximum atomic E-state index is 13.9. The number of carbonyl (C=O) groups is 1. The number of fused-ring (bicyclic) bond motifs is 1. The van der Waals surface area contributed by atoms with E-state index in [0.717, 1.165) is 14.6 Å². The molecule has 0 atom stereocenters. The molecule has 1 radical (unpaired) electrons. The van der Waals surface area contributed by atoms with E-state index in [4.69, 9.17) is 0 Å². The molecule has 6 nitrogen and oxygen atoms in total. The molecule has 0 aliphatic carbocycles. The molecule has 0 bridgehead atoms. The van der Waals surface area contributed by atoms with Gasteiger partial charge in [0.1, 0.15) is 4.90 Å². The molecule has 0 fully saturated rings. The van der Waals surface area contributed by atoms with Crippen molar-refractivity contribution in [3.63, 3.8) is 0 Å². The molecule has 5 rings (SSSR count). The smallest absolute Gasteiger partial charge is 0.337 e. The first-order valence-electron chi connectivity index (χ1n) is 11.0. The van der Waals surface area contributed by atoms with Crippen LogP contribution in [-0.4, -0.2) is 47.2 Å². The second-order valence-electron chi connectivity index (χ2n) is 7.93. The Hall–Kier alpha value is -3.72. The minimum atomic E-state index is -4.00. The third-order valence-corrected chi connectivity index (χ3v) is 8.43. The van der Waals surface area contributed by atoms with Crippen LogP contribution in [0.5, 0.6) is 0 Å². The fourth-order valence-electron chi connectivity index (χ4n) is 3.91. The third-order valence-electron chi connectivity index (χ3n) is 5.63. The number of aromatic nitrogens is 1. The number of benzene rings is 3. The molecule has 1 N–H and O–H groups in total. The van der Waals surface area contributed by atoms with Crippen LogP contribution < -0.4 is 0 Å². The first kappa shape index (κ1) is 26.3. The monoisotopic (exact) mass is 519 g/mol. The minimum Gasteiger partial charge on any atom is -0.478 e. The zero-order valence-electron chi connectivity index (χ0n) is 19.9. The number of aromatic carboxylic acids is 1. The quantitative estimate of drug-likeness (QED) is 0.190. The normalized spacial score (nSPS) is 10.8. The van der Waals surface area contributed by atoms with Crippen LogP contribution in [0.2, 0.25) is 0 Å². The average molecular weight is 520 g/mol. The Morgan fingerprint density at radius 1 is 0.919 bits per heavy atom. The Kier molecular flexibility index (Phi) is 7.92. The molecular formula is C28H20LiN2O4S2. The Morgan fingerprint density at radius 2 is 1.62 bits per heavy atom. The summed E-state index contributed by atoms with van der Waals surface area (Å²) in [5.74, 6) is 1.85. The summed E-state index contributed by atoms with van der Waals surface area (Å²) in [5.41, 5.74) is 1.62. The van der Waals surface area contributed by atoms with Gasteiger partial charge in [0.2, 0.25) is 0 Å². The van der Waals surface area contributed by atoms with Crippen molar-refractivity contribution in [2.45, 2.75) is 11.4 Å². The van der Waals surface area contributed by atoms with Gasteiger partial charge in [-0.05, 0) is 41.8 Å². The van der Waals surface area contributed by atoms with Crippen LogP contribution in [0.15, 0.2) is 108 Å². The Labute approximate surface area is 231 Å². The van der Waals surface area contributed by atoms with Gasteiger partial charge in [-0.15, -0.1) is 11.3 Å². The van der Waals surface area contributed by atoms with E-state index in [9.17, 15) is 18.3 Å². The maximum Gasteiger partial charge on any atom is 0.337 e. The van der Waals surface area contributed by atoms with Gasteiger partial charge < -0.3 is 9.67 Å². The zero-order chi connectivity index (χ0) is 25.1. The number of thiophene rings is 1. The van der Waals surface area contributed by atoms with Crippen LogP contribution in [0.25, 0.3) is 15.8 Å². The fraction of sp³-hybridized carbons (Fsp3) is 0.0357. The minimum absolute atomic E-state index is 0. The van der Waals surface area contributed by atoms with Crippen molar-refractivity contribution in [2.75, 3.05) is 0 Å². The van der Waals surface area contributed by atoms with Crippen LogP contribution in [0, 0.1) is 12.0 Å².